The lowest BCUT2D eigenvalue weighted by Gasteiger charge is -2.31. The van der Waals surface area contributed by atoms with Crippen LogP contribution in [-0.4, -0.2) is 45.2 Å². The van der Waals surface area contributed by atoms with E-state index in [0.29, 0.717) is 19.3 Å². The molecule has 0 aliphatic heterocycles. The van der Waals surface area contributed by atoms with Crippen LogP contribution < -0.4 is 0 Å². The molecule has 0 heterocycles. The molecule has 9 heteroatoms. The lowest BCUT2D eigenvalue weighted by atomic mass is 9.97. The zero-order valence-corrected chi connectivity index (χ0v) is 35.6. The Labute approximate surface area is 331 Å². The van der Waals surface area contributed by atoms with Crippen LogP contribution in [0.5, 0.6) is 0 Å². The topological polar surface area (TPSA) is 140 Å². The standard InChI is InChI=1S/C45H86O9/c1-5-8-11-14-17-20-23-26-29-32-35-38-41(46)52-44(4,53-42(47)39-36-33-30-27-24-21-18-15-12-9-6-2)54-43(48)40(45(49,50)51)37-34-31-28-25-22-19-16-13-10-7-3/h40,49-51H,5-39H2,1-4H3. The van der Waals surface area contributed by atoms with Crippen LogP contribution in [0, 0.1) is 5.92 Å². The molecule has 0 saturated carbocycles. The molecule has 54 heavy (non-hydrogen) atoms. The fourth-order valence-electron chi connectivity index (χ4n) is 7.00. The molecule has 0 aliphatic rings. The van der Waals surface area contributed by atoms with Crippen LogP contribution in [0.15, 0.2) is 0 Å². The summed E-state index contributed by atoms with van der Waals surface area (Å²) >= 11 is 0. The van der Waals surface area contributed by atoms with Gasteiger partial charge in [-0.25, -0.2) is 0 Å². The van der Waals surface area contributed by atoms with Gasteiger partial charge in [-0.05, 0) is 19.3 Å². The highest BCUT2D eigenvalue weighted by molar-refractivity contribution is 5.75. The van der Waals surface area contributed by atoms with E-state index in [9.17, 15) is 29.7 Å². The van der Waals surface area contributed by atoms with Gasteiger partial charge in [-0.3, -0.25) is 14.4 Å². The van der Waals surface area contributed by atoms with Crippen molar-refractivity contribution in [3.8, 4) is 0 Å². The van der Waals surface area contributed by atoms with E-state index in [0.717, 1.165) is 64.2 Å². The maximum absolute atomic E-state index is 13.3. The van der Waals surface area contributed by atoms with Gasteiger partial charge in [0, 0.05) is 12.8 Å². The molecule has 3 N–H and O–H groups in total. The maximum Gasteiger partial charge on any atom is 0.420 e. The Balaban J connectivity index is 5.02. The lowest BCUT2D eigenvalue weighted by Crippen LogP contribution is -2.48. The van der Waals surface area contributed by atoms with Crippen molar-refractivity contribution in [1.29, 1.82) is 0 Å². The van der Waals surface area contributed by atoms with E-state index >= 15 is 0 Å². The largest absolute Gasteiger partial charge is 0.420 e. The molecule has 9 nitrogen and oxygen atoms in total. The average molecular weight is 771 g/mol. The number of esters is 3. The van der Waals surface area contributed by atoms with Crippen LogP contribution in [0.4, 0.5) is 0 Å². The molecule has 0 fully saturated rings. The van der Waals surface area contributed by atoms with Crippen molar-refractivity contribution in [3.05, 3.63) is 0 Å². The van der Waals surface area contributed by atoms with E-state index in [-0.39, 0.29) is 19.3 Å². The molecule has 0 aromatic heterocycles. The minimum absolute atomic E-state index is 0.0612. The summed E-state index contributed by atoms with van der Waals surface area (Å²) in [6.07, 6.45) is 35.3. The number of rotatable bonds is 40. The van der Waals surface area contributed by atoms with Crippen LogP contribution in [0.3, 0.4) is 0 Å². The Morgan fingerprint density at radius 2 is 0.667 bits per heavy atom. The normalized spacial score (nSPS) is 12.5. The molecule has 1 atom stereocenters. The van der Waals surface area contributed by atoms with Crippen LogP contribution in [0.25, 0.3) is 0 Å². The molecular weight excluding hydrogens is 684 g/mol. The molecule has 0 amide bonds. The smallest absolute Gasteiger partial charge is 0.388 e. The van der Waals surface area contributed by atoms with Crippen molar-refractivity contribution in [3.63, 3.8) is 0 Å². The highest BCUT2D eigenvalue weighted by Crippen LogP contribution is 2.27. The van der Waals surface area contributed by atoms with Crippen LogP contribution in [0.1, 0.15) is 252 Å². The summed E-state index contributed by atoms with van der Waals surface area (Å²) in [6, 6.07) is 0. The molecule has 320 valence electrons. The Bertz CT molecular complexity index is 845. The van der Waals surface area contributed by atoms with Crippen molar-refractivity contribution < 1.29 is 43.9 Å². The van der Waals surface area contributed by atoms with E-state index < -0.39 is 35.8 Å². The molecule has 0 saturated heterocycles. The Morgan fingerprint density at radius 3 is 0.944 bits per heavy atom. The number of carbonyl (C=O) groups is 3. The first-order chi connectivity index (χ1) is 26.0. The SMILES string of the molecule is CCCCCCCCCCCCCC(=O)OC(C)(OC(=O)CCCCCCCCCCCCC)OC(=O)C(CCCCCCCCCCCC)C(O)(O)O. The number of hydrogen-bond donors (Lipinski definition) is 3. The molecule has 0 bridgehead atoms. The number of carbonyl (C=O) groups excluding carboxylic acids is 3. The van der Waals surface area contributed by atoms with Gasteiger partial charge in [-0.15, -0.1) is 0 Å². The molecule has 0 rings (SSSR count). The number of hydrogen-bond acceptors (Lipinski definition) is 9. The summed E-state index contributed by atoms with van der Waals surface area (Å²) < 4.78 is 16.4. The average Bonchev–Trinajstić information content (AvgIpc) is 3.11. The second-order valence-corrected chi connectivity index (χ2v) is 16.0. The van der Waals surface area contributed by atoms with Gasteiger partial charge in [0.1, 0.15) is 5.92 Å². The van der Waals surface area contributed by atoms with E-state index in [4.69, 9.17) is 14.2 Å². The summed E-state index contributed by atoms with van der Waals surface area (Å²) in [4.78, 5) is 39.1. The highest BCUT2D eigenvalue weighted by atomic mass is 16.9. The third-order valence-electron chi connectivity index (χ3n) is 10.5. The predicted molar refractivity (Wildman–Crippen MR) is 218 cm³/mol. The third-order valence-corrected chi connectivity index (χ3v) is 10.5. The zero-order valence-electron chi connectivity index (χ0n) is 35.6. The minimum atomic E-state index is -3.35. The van der Waals surface area contributed by atoms with Crippen LogP contribution in [-0.2, 0) is 28.6 Å². The first-order valence-corrected chi connectivity index (χ1v) is 22.8. The monoisotopic (exact) mass is 771 g/mol. The summed E-state index contributed by atoms with van der Waals surface area (Å²) in [5, 5.41) is 30.3. The van der Waals surface area contributed by atoms with Gasteiger partial charge in [0.15, 0.2) is 0 Å². The predicted octanol–water partition coefficient (Wildman–Crippen LogP) is 12.2. The van der Waals surface area contributed by atoms with Gasteiger partial charge in [-0.2, -0.15) is 0 Å². The quantitative estimate of drug-likeness (QED) is 0.0315. The lowest BCUT2D eigenvalue weighted by molar-refractivity contribution is -0.354. The Morgan fingerprint density at radius 1 is 0.407 bits per heavy atom. The van der Waals surface area contributed by atoms with E-state index in [1.807, 2.05) is 0 Å². The summed E-state index contributed by atoms with van der Waals surface area (Å²) in [7, 11) is 0. The molecule has 0 radical (unpaired) electrons. The van der Waals surface area contributed by atoms with Gasteiger partial charge >= 0.3 is 23.9 Å². The van der Waals surface area contributed by atoms with Crippen molar-refractivity contribution in [2.75, 3.05) is 0 Å². The number of aliphatic hydroxyl groups is 3. The fraction of sp³-hybridized carbons (Fsp3) is 0.933. The molecule has 0 aromatic rings. The zero-order chi connectivity index (χ0) is 40.2. The molecule has 1 unspecified atom stereocenters. The first kappa shape index (κ1) is 52.3. The maximum atomic E-state index is 13.3. The third kappa shape index (κ3) is 32.5. The van der Waals surface area contributed by atoms with Crippen LogP contribution >= 0.6 is 0 Å². The van der Waals surface area contributed by atoms with Gasteiger partial charge < -0.3 is 29.5 Å². The number of unbranched alkanes of at least 4 members (excludes halogenated alkanes) is 29. The van der Waals surface area contributed by atoms with Crippen molar-refractivity contribution >= 4 is 17.9 Å². The Hall–Kier alpha value is -1.71. The minimum Gasteiger partial charge on any atom is -0.388 e. The molecular formula is C45H86O9. The summed E-state index contributed by atoms with van der Waals surface area (Å²) in [5.74, 6) is -10.1. The van der Waals surface area contributed by atoms with Gasteiger partial charge in [0.05, 0.1) is 6.92 Å². The van der Waals surface area contributed by atoms with Crippen molar-refractivity contribution in [2.45, 2.75) is 264 Å². The number of ether oxygens (including phenoxy) is 3. The van der Waals surface area contributed by atoms with Gasteiger partial charge in [0.25, 0.3) is 5.97 Å². The van der Waals surface area contributed by atoms with Crippen molar-refractivity contribution in [1.82, 2.24) is 0 Å². The highest BCUT2D eigenvalue weighted by Gasteiger charge is 2.45. The van der Waals surface area contributed by atoms with Crippen LogP contribution in [0.2, 0.25) is 0 Å². The first-order valence-electron chi connectivity index (χ1n) is 22.8. The summed E-state index contributed by atoms with van der Waals surface area (Å²) in [5.41, 5.74) is 0. The van der Waals surface area contributed by atoms with Gasteiger partial charge in [0.2, 0.25) is 0 Å². The fourth-order valence-corrected chi connectivity index (χ4v) is 7.00. The summed E-state index contributed by atoms with van der Waals surface area (Å²) in [6.45, 7) is 7.81. The molecule has 0 aromatic carbocycles. The Kier molecular flexibility index (Phi) is 34.6. The molecule has 0 spiro atoms. The second kappa shape index (κ2) is 35.7. The van der Waals surface area contributed by atoms with E-state index in [1.165, 1.54) is 129 Å². The van der Waals surface area contributed by atoms with E-state index in [2.05, 4.69) is 20.8 Å². The second-order valence-electron chi connectivity index (χ2n) is 16.0. The van der Waals surface area contributed by atoms with Gasteiger partial charge in [-0.1, -0.05) is 213 Å². The molecule has 0 aliphatic carbocycles. The van der Waals surface area contributed by atoms with Crippen molar-refractivity contribution in [2.24, 2.45) is 5.92 Å². The van der Waals surface area contributed by atoms with E-state index in [1.54, 1.807) is 0 Å².